The molecule has 0 heterocycles. The summed E-state index contributed by atoms with van der Waals surface area (Å²) >= 11 is 0. The van der Waals surface area contributed by atoms with Gasteiger partial charge in [0, 0.05) is 12.8 Å². The van der Waals surface area contributed by atoms with Gasteiger partial charge in [-0.15, -0.1) is 0 Å². The molecule has 0 radical (unpaired) electrons. The highest BCUT2D eigenvalue weighted by Gasteiger charge is 2.20. The van der Waals surface area contributed by atoms with Crippen LogP contribution < -0.4 is 5.32 Å². The minimum atomic E-state index is -0.667. The molecule has 3 N–H and O–H groups in total. The zero-order valence-electron chi connectivity index (χ0n) is 45.9. The van der Waals surface area contributed by atoms with Gasteiger partial charge >= 0.3 is 5.97 Å². The molecule has 0 aromatic carbocycles. The molecule has 0 saturated carbocycles. The average Bonchev–Trinajstić information content (AvgIpc) is 3.34. The number of amides is 1. The Morgan fingerprint density at radius 2 is 0.750 bits per heavy atom. The fourth-order valence-corrected chi connectivity index (χ4v) is 9.54. The number of unbranched alkanes of at least 4 members (excludes halogenated alkanes) is 42. The third kappa shape index (κ3) is 53.7. The molecular formula is C62H119NO5. The molecule has 6 nitrogen and oxygen atoms in total. The van der Waals surface area contributed by atoms with Crippen LogP contribution in [0, 0.1) is 0 Å². The van der Waals surface area contributed by atoms with Gasteiger partial charge < -0.3 is 20.3 Å². The SMILES string of the molecule is CCCC/C=C\C/C=C\CCCCCCCC(=O)OCCCCCCCCCCCCCCCCCCCCCC(=O)NC(CO)C(O)CCCCCCCCCCCCCCCCCCCC. The Morgan fingerprint density at radius 1 is 0.412 bits per heavy atom. The summed E-state index contributed by atoms with van der Waals surface area (Å²) in [5.41, 5.74) is 0. The van der Waals surface area contributed by atoms with Crippen LogP contribution in [0.5, 0.6) is 0 Å². The van der Waals surface area contributed by atoms with Gasteiger partial charge in [-0.05, 0) is 51.4 Å². The smallest absolute Gasteiger partial charge is 0.305 e. The molecule has 0 rings (SSSR count). The number of nitrogens with one attached hydrogen (secondary N) is 1. The van der Waals surface area contributed by atoms with Gasteiger partial charge in [-0.3, -0.25) is 9.59 Å². The predicted octanol–water partition coefficient (Wildman–Crippen LogP) is 19.0. The Bertz CT molecular complexity index is 1060. The zero-order valence-corrected chi connectivity index (χ0v) is 45.9. The molecule has 0 saturated heterocycles. The van der Waals surface area contributed by atoms with Crippen LogP contribution in [0.1, 0.15) is 335 Å². The lowest BCUT2D eigenvalue weighted by molar-refractivity contribution is -0.143. The maximum Gasteiger partial charge on any atom is 0.305 e. The highest BCUT2D eigenvalue weighted by Crippen LogP contribution is 2.18. The van der Waals surface area contributed by atoms with Crippen LogP contribution in [0.25, 0.3) is 0 Å². The van der Waals surface area contributed by atoms with Crippen molar-refractivity contribution < 1.29 is 24.5 Å². The lowest BCUT2D eigenvalue weighted by Crippen LogP contribution is -2.45. The second kappa shape index (κ2) is 57.9. The standard InChI is InChI=1S/C62H119NO5/c1-3-5-7-9-11-13-15-17-19-20-24-27-30-34-38-42-46-50-54-60(65)59(58-64)63-61(66)55-51-47-43-39-35-31-28-25-22-21-23-26-29-33-37-41-45-49-53-57-68-62(67)56-52-48-44-40-36-32-18-16-14-12-10-8-6-4-2/h10,12,16,18,59-60,64-65H,3-9,11,13-15,17,19-58H2,1-2H3,(H,63,66)/b12-10-,18-16-. The lowest BCUT2D eigenvalue weighted by Gasteiger charge is -2.22. The van der Waals surface area contributed by atoms with Gasteiger partial charge in [-0.2, -0.15) is 0 Å². The third-order valence-electron chi connectivity index (χ3n) is 14.3. The van der Waals surface area contributed by atoms with Crippen molar-refractivity contribution in [3.8, 4) is 0 Å². The molecular weight excluding hydrogens is 839 g/mol. The maximum absolute atomic E-state index is 12.5. The van der Waals surface area contributed by atoms with Gasteiger partial charge in [0.05, 0.1) is 25.4 Å². The van der Waals surface area contributed by atoms with Crippen LogP contribution in [0.3, 0.4) is 0 Å². The summed E-state index contributed by atoms with van der Waals surface area (Å²) in [4.78, 5) is 24.5. The number of rotatable bonds is 57. The molecule has 0 aromatic heterocycles. The van der Waals surface area contributed by atoms with Gasteiger partial charge in [0.15, 0.2) is 0 Å². The van der Waals surface area contributed by atoms with Crippen LogP contribution >= 0.6 is 0 Å². The maximum atomic E-state index is 12.5. The first-order valence-corrected chi connectivity index (χ1v) is 30.6. The minimum Gasteiger partial charge on any atom is -0.466 e. The van der Waals surface area contributed by atoms with Crippen molar-refractivity contribution in [1.82, 2.24) is 5.32 Å². The number of carbonyl (C=O) groups is 2. The van der Waals surface area contributed by atoms with Crippen molar-refractivity contribution in [1.29, 1.82) is 0 Å². The van der Waals surface area contributed by atoms with E-state index in [-0.39, 0.29) is 18.5 Å². The molecule has 402 valence electrons. The van der Waals surface area contributed by atoms with Crippen LogP contribution in [0.4, 0.5) is 0 Å². The average molecular weight is 959 g/mol. The number of allylic oxidation sites excluding steroid dienone is 4. The molecule has 0 aliphatic rings. The van der Waals surface area contributed by atoms with Gasteiger partial charge in [0.2, 0.25) is 5.91 Å². The van der Waals surface area contributed by atoms with Crippen molar-refractivity contribution >= 4 is 11.9 Å². The van der Waals surface area contributed by atoms with E-state index in [9.17, 15) is 19.8 Å². The fourth-order valence-electron chi connectivity index (χ4n) is 9.54. The first-order chi connectivity index (χ1) is 33.5. The first-order valence-electron chi connectivity index (χ1n) is 30.6. The van der Waals surface area contributed by atoms with Crippen LogP contribution in [0.2, 0.25) is 0 Å². The normalized spacial score (nSPS) is 12.7. The molecule has 68 heavy (non-hydrogen) atoms. The summed E-state index contributed by atoms with van der Waals surface area (Å²) in [6, 6.07) is -0.544. The van der Waals surface area contributed by atoms with Crippen LogP contribution in [-0.4, -0.2) is 47.4 Å². The van der Waals surface area contributed by atoms with E-state index in [0.717, 1.165) is 51.4 Å². The summed E-state index contributed by atoms with van der Waals surface area (Å²) < 4.78 is 5.47. The van der Waals surface area contributed by atoms with E-state index in [1.54, 1.807) is 0 Å². The summed E-state index contributed by atoms with van der Waals surface area (Å²) in [6.45, 7) is 4.92. The molecule has 0 aliphatic heterocycles. The summed E-state index contributed by atoms with van der Waals surface area (Å²) in [5, 5.41) is 23.3. The number of hydrogen-bond acceptors (Lipinski definition) is 5. The number of esters is 1. The number of hydrogen-bond donors (Lipinski definition) is 3. The largest absolute Gasteiger partial charge is 0.466 e. The Kier molecular flexibility index (Phi) is 56.5. The summed E-state index contributed by atoms with van der Waals surface area (Å²) in [6.07, 6.45) is 70.3. The van der Waals surface area contributed by atoms with E-state index >= 15 is 0 Å². The number of aliphatic hydroxyl groups is 2. The minimum absolute atomic E-state index is 0.00505. The quantitative estimate of drug-likeness (QED) is 0.0321. The number of carbonyl (C=O) groups excluding carboxylic acids is 2. The van der Waals surface area contributed by atoms with E-state index in [2.05, 4.69) is 43.5 Å². The molecule has 0 fully saturated rings. The Hall–Kier alpha value is -1.66. The van der Waals surface area contributed by atoms with Gasteiger partial charge in [0.25, 0.3) is 0 Å². The van der Waals surface area contributed by atoms with E-state index in [1.165, 1.54) is 250 Å². The van der Waals surface area contributed by atoms with Crippen molar-refractivity contribution in [2.75, 3.05) is 13.2 Å². The molecule has 0 aliphatic carbocycles. The third-order valence-corrected chi connectivity index (χ3v) is 14.3. The van der Waals surface area contributed by atoms with E-state index in [4.69, 9.17) is 4.74 Å². The monoisotopic (exact) mass is 958 g/mol. The predicted molar refractivity (Wildman–Crippen MR) is 296 cm³/mol. The molecule has 0 spiro atoms. The molecule has 0 bridgehead atoms. The molecule has 2 unspecified atom stereocenters. The van der Waals surface area contributed by atoms with Crippen LogP contribution in [0.15, 0.2) is 24.3 Å². The van der Waals surface area contributed by atoms with Gasteiger partial charge in [0.1, 0.15) is 0 Å². The Morgan fingerprint density at radius 3 is 1.16 bits per heavy atom. The van der Waals surface area contributed by atoms with Crippen molar-refractivity contribution in [3.63, 3.8) is 0 Å². The molecule has 0 aromatic rings. The van der Waals surface area contributed by atoms with E-state index in [1.807, 2.05) is 0 Å². The second-order valence-corrected chi connectivity index (χ2v) is 21.0. The van der Waals surface area contributed by atoms with Gasteiger partial charge in [-0.25, -0.2) is 0 Å². The fraction of sp³-hybridized carbons (Fsp3) is 0.903. The molecule has 1 amide bonds. The Balaban J connectivity index is 3.41. The molecule has 6 heteroatoms. The van der Waals surface area contributed by atoms with Crippen LogP contribution in [-0.2, 0) is 14.3 Å². The Labute approximate surface area is 424 Å². The van der Waals surface area contributed by atoms with Crippen molar-refractivity contribution in [3.05, 3.63) is 24.3 Å². The summed E-state index contributed by atoms with van der Waals surface area (Å²) in [7, 11) is 0. The highest BCUT2D eigenvalue weighted by molar-refractivity contribution is 5.76. The zero-order chi connectivity index (χ0) is 49.3. The highest BCUT2D eigenvalue weighted by atomic mass is 16.5. The van der Waals surface area contributed by atoms with E-state index < -0.39 is 12.1 Å². The second-order valence-electron chi connectivity index (χ2n) is 21.0. The van der Waals surface area contributed by atoms with E-state index in [0.29, 0.717) is 25.9 Å². The molecule has 2 atom stereocenters. The summed E-state index contributed by atoms with van der Waals surface area (Å²) in [5.74, 6) is -0.0405. The van der Waals surface area contributed by atoms with Gasteiger partial charge in [-0.1, -0.05) is 295 Å². The first kappa shape index (κ1) is 66.3. The number of ether oxygens (including phenoxy) is 1. The number of aliphatic hydroxyl groups excluding tert-OH is 2. The lowest BCUT2D eigenvalue weighted by atomic mass is 10.0. The topological polar surface area (TPSA) is 95.9 Å². The van der Waals surface area contributed by atoms with Crippen molar-refractivity contribution in [2.45, 2.75) is 347 Å². The van der Waals surface area contributed by atoms with Crippen molar-refractivity contribution in [2.24, 2.45) is 0 Å².